The molecule has 0 spiro atoms. The van der Waals surface area contributed by atoms with Crippen LogP contribution in [-0.2, 0) is 4.79 Å². The molecule has 2 nitrogen and oxygen atoms in total. The van der Waals surface area contributed by atoms with Crippen molar-refractivity contribution < 1.29 is 4.79 Å². The van der Waals surface area contributed by atoms with Crippen LogP contribution in [0.3, 0.4) is 0 Å². The molecule has 0 fully saturated rings. The number of carbonyl (C=O) groups is 1. The lowest BCUT2D eigenvalue weighted by Crippen LogP contribution is -2.35. The van der Waals surface area contributed by atoms with Gasteiger partial charge in [-0.25, -0.2) is 0 Å². The minimum absolute atomic E-state index is 0.0901. The van der Waals surface area contributed by atoms with Gasteiger partial charge in [0, 0.05) is 11.4 Å². The Morgan fingerprint density at radius 1 is 1.58 bits per heavy atom. The largest absolute Gasteiger partial charge is 0.353 e. The van der Waals surface area contributed by atoms with E-state index in [-0.39, 0.29) is 17.3 Å². The van der Waals surface area contributed by atoms with E-state index >= 15 is 0 Å². The van der Waals surface area contributed by atoms with Crippen LogP contribution in [0.25, 0.3) is 0 Å². The van der Waals surface area contributed by atoms with Crippen molar-refractivity contribution in [3.63, 3.8) is 0 Å². The molecule has 0 aliphatic heterocycles. The maximum atomic E-state index is 11.1. The van der Waals surface area contributed by atoms with E-state index in [0.29, 0.717) is 5.75 Å². The van der Waals surface area contributed by atoms with Crippen LogP contribution < -0.4 is 5.32 Å². The van der Waals surface area contributed by atoms with E-state index in [0.717, 1.165) is 6.42 Å². The number of hydrogen-bond donors (Lipinski definition) is 1. The van der Waals surface area contributed by atoms with Gasteiger partial charge in [0.25, 0.3) is 0 Å². The van der Waals surface area contributed by atoms with Crippen LogP contribution in [-0.4, -0.2) is 29.3 Å². The van der Waals surface area contributed by atoms with Crippen LogP contribution >= 0.6 is 23.4 Å². The van der Waals surface area contributed by atoms with E-state index in [2.05, 4.69) is 5.32 Å². The number of rotatable bonds is 5. The zero-order valence-electron chi connectivity index (χ0n) is 7.76. The second-order valence-corrected chi connectivity index (χ2v) is 4.53. The molecule has 0 aliphatic carbocycles. The van der Waals surface area contributed by atoms with Gasteiger partial charge in [0.05, 0.1) is 5.75 Å². The Morgan fingerprint density at radius 2 is 2.17 bits per heavy atom. The summed E-state index contributed by atoms with van der Waals surface area (Å²) in [6, 6.07) is 0.178. The molecule has 0 saturated carbocycles. The van der Waals surface area contributed by atoms with Crippen LogP contribution in [0, 0.1) is 0 Å². The van der Waals surface area contributed by atoms with Crippen LogP contribution in [0.4, 0.5) is 0 Å². The van der Waals surface area contributed by atoms with E-state index in [1.807, 2.05) is 20.1 Å². The number of hydrogen-bond acceptors (Lipinski definition) is 2. The Hall–Kier alpha value is 0.110. The predicted octanol–water partition coefficient (Wildman–Crippen LogP) is 1.87. The third-order valence-corrected chi connectivity index (χ3v) is 2.09. The predicted molar refractivity (Wildman–Crippen MR) is 55.9 cm³/mol. The second-order valence-electron chi connectivity index (χ2n) is 2.92. The summed E-state index contributed by atoms with van der Waals surface area (Å²) in [5.41, 5.74) is 0. The molecule has 1 amide bonds. The lowest BCUT2D eigenvalue weighted by Gasteiger charge is -2.14. The summed E-state index contributed by atoms with van der Waals surface area (Å²) in [5.74, 6) is 0.619. The maximum absolute atomic E-state index is 11.1. The van der Waals surface area contributed by atoms with E-state index in [1.54, 1.807) is 0 Å². The normalized spacial score (nSPS) is 15.3. The number of nitrogens with one attached hydrogen (secondary N) is 1. The summed E-state index contributed by atoms with van der Waals surface area (Å²) in [4.78, 5) is 11.1. The van der Waals surface area contributed by atoms with Crippen molar-refractivity contribution in [1.82, 2.24) is 5.32 Å². The number of amides is 1. The third-order valence-electron chi connectivity index (χ3n) is 1.36. The van der Waals surface area contributed by atoms with Crippen molar-refractivity contribution in [2.75, 3.05) is 12.0 Å². The molecule has 0 heterocycles. The highest BCUT2D eigenvalue weighted by Crippen LogP contribution is 2.04. The Morgan fingerprint density at radius 3 is 2.58 bits per heavy atom. The molecule has 0 rings (SSSR count). The summed E-state index contributed by atoms with van der Waals surface area (Å²) >= 11 is 7.30. The fraction of sp³-hybridized carbons (Fsp3) is 0.875. The van der Waals surface area contributed by atoms with Gasteiger partial charge in [0.15, 0.2) is 0 Å². The van der Waals surface area contributed by atoms with Crippen molar-refractivity contribution in [2.24, 2.45) is 0 Å². The Balaban J connectivity index is 3.54. The molecule has 2 atom stereocenters. The summed E-state index contributed by atoms with van der Waals surface area (Å²) in [5, 5.41) is 2.99. The van der Waals surface area contributed by atoms with Gasteiger partial charge < -0.3 is 5.32 Å². The summed E-state index contributed by atoms with van der Waals surface area (Å²) in [6.45, 7) is 3.90. The van der Waals surface area contributed by atoms with E-state index in [1.165, 1.54) is 11.8 Å². The molecule has 0 radical (unpaired) electrons. The van der Waals surface area contributed by atoms with Gasteiger partial charge in [-0.3, -0.25) is 4.79 Å². The zero-order chi connectivity index (χ0) is 9.56. The first-order chi connectivity index (χ1) is 5.56. The van der Waals surface area contributed by atoms with Crippen LogP contribution in [0.1, 0.15) is 20.3 Å². The first-order valence-corrected chi connectivity index (χ1v) is 5.81. The van der Waals surface area contributed by atoms with Gasteiger partial charge >= 0.3 is 0 Å². The average molecular weight is 210 g/mol. The molecular formula is C8H16ClNOS. The first kappa shape index (κ1) is 12.1. The van der Waals surface area contributed by atoms with Crippen molar-refractivity contribution in [3.05, 3.63) is 0 Å². The van der Waals surface area contributed by atoms with Gasteiger partial charge in [-0.2, -0.15) is 11.8 Å². The lowest BCUT2D eigenvalue weighted by atomic mass is 10.2. The van der Waals surface area contributed by atoms with Crippen LogP contribution in [0.15, 0.2) is 0 Å². The molecule has 0 bridgehead atoms. The molecule has 2 unspecified atom stereocenters. The lowest BCUT2D eigenvalue weighted by molar-refractivity contribution is -0.119. The van der Waals surface area contributed by atoms with Gasteiger partial charge in [0.2, 0.25) is 5.91 Å². The molecule has 72 valence electrons. The van der Waals surface area contributed by atoms with Crippen LogP contribution in [0.5, 0.6) is 0 Å². The summed E-state index contributed by atoms with van der Waals surface area (Å²) in [7, 11) is 0. The smallest absolute Gasteiger partial charge is 0.230 e. The highest BCUT2D eigenvalue weighted by Gasteiger charge is 2.08. The Bertz CT molecular complexity index is 141. The first-order valence-electron chi connectivity index (χ1n) is 3.98. The fourth-order valence-electron chi connectivity index (χ4n) is 0.994. The van der Waals surface area contributed by atoms with Crippen molar-refractivity contribution in [2.45, 2.75) is 31.7 Å². The maximum Gasteiger partial charge on any atom is 0.230 e. The van der Waals surface area contributed by atoms with Gasteiger partial charge in [0.1, 0.15) is 0 Å². The molecule has 12 heavy (non-hydrogen) atoms. The SMILES string of the molecule is CSCC(=O)NC(C)CC(C)Cl. The molecule has 0 saturated heterocycles. The zero-order valence-corrected chi connectivity index (χ0v) is 9.34. The second kappa shape index (κ2) is 6.61. The van der Waals surface area contributed by atoms with E-state index in [9.17, 15) is 4.79 Å². The molecular weight excluding hydrogens is 194 g/mol. The van der Waals surface area contributed by atoms with Crippen molar-refractivity contribution >= 4 is 29.3 Å². The van der Waals surface area contributed by atoms with Gasteiger partial charge in [-0.1, -0.05) is 0 Å². The minimum Gasteiger partial charge on any atom is -0.353 e. The quantitative estimate of drug-likeness (QED) is 0.701. The summed E-state index contributed by atoms with van der Waals surface area (Å²) < 4.78 is 0. The standard InChI is InChI=1S/C8H16ClNOS/c1-6(9)4-7(2)10-8(11)5-12-3/h6-7H,4-5H2,1-3H3,(H,10,11). The Kier molecular flexibility index (Phi) is 6.67. The topological polar surface area (TPSA) is 29.1 Å². The molecule has 0 aromatic carbocycles. The van der Waals surface area contributed by atoms with E-state index < -0.39 is 0 Å². The monoisotopic (exact) mass is 209 g/mol. The molecule has 0 aliphatic rings. The summed E-state index contributed by atoms with van der Waals surface area (Å²) in [6.07, 6.45) is 2.73. The Labute approximate surface area is 83.4 Å². The minimum atomic E-state index is 0.0901. The number of thioether (sulfide) groups is 1. The average Bonchev–Trinajstić information content (AvgIpc) is 1.84. The highest BCUT2D eigenvalue weighted by atomic mass is 35.5. The number of carbonyl (C=O) groups excluding carboxylic acids is 1. The van der Waals surface area contributed by atoms with Crippen molar-refractivity contribution in [1.29, 1.82) is 0 Å². The molecule has 0 aromatic rings. The fourth-order valence-corrected chi connectivity index (χ4v) is 1.61. The van der Waals surface area contributed by atoms with Gasteiger partial charge in [-0.05, 0) is 26.5 Å². The molecule has 0 aromatic heterocycles. The number of halogens is 1. The molecule has 4 heteroatoms. The van der Waals surface area contributed by atoms with Gasteiger partial charge in [-0.15, -0.1) is 11.6 Å². The highest BCUT2D eigenvalue weighted by molar-refractivity contribution is 7.99. The van der Waals surface area contributed by atoms with E-state index in [4.69, 9.17) is 11.6 Å². The van der Waals surface area contributed by atoms with Crippen LogP contribution in [0.2, 0.25) is 0 Å². The van der Waals surface area contributed by atoms with Crippen molar-refractivity contribution in [3.8, 4) is 0 Å². The number of alkyl halides is 1. The third kappa shape index (κ3) is 6.80. The molecule has 1 N–H and O–H groups in total.